The zero-order valence-corrected chi connectivity index (χ0v) is 12.7. The lowest BCUT2D eigenvalue weighted by Gasteiger charge is -2.42. The Morgan fingerprint density at radius 1 is 1.45 bits per heavy atom. The molecule has 0 bridgehead atoms. The van der Waals surface area contributed by atoms with E-state index in [0.717, 1.165) is 12.1 Å². The molecule has 1 saturated heterocycles. The average molecular weight is 291 g/mol. The third-order valence-corrected chi connectivity index (χ3v) is 4.25. The lowest BCUT2D eigenvalue weighted by Crippen LogP contribution is -2.62. The van der Waals surface area contributed by atoms with Crippen LogP contribution in [0.15, 0.2) is 30.3 Å². The van der Waals surface area contributed by atoms with E-state index in [1.807, 2.05) is 44.2 Å². The first-order valence-electron chi connectivity index (χ1n) is 6.80. The minimum atomic E-state index is -0.532. The number of nitrogens with zero attached hydrogens (tertiary/aromatic N) is 1. The number of benzene rings is 1. The maximum absolute atomic E-state index is 12.0. The zero-order chi connectivity index (χ0) is 14.8. The van der Waals surface area contributed by atoms with Crippen LogP contribution in [0.5, 0.6) is 0 Å². The van der Waals surface area contributed by atoms with Gasteiger partial charge in [0.25, 0.3) is 0 Å². The van der Waals surface area contributed by atoms with Crippen LogP contribution < -0.4 is 11.1 Å². The molecule has 1 unspecified atom stereocenters. The summed E-state index contributed by atoms with van der Waals surface area (Å²) < 4.78 is 0. The molecule has 0 saturated carbocycles. The Balaban J connectivity index is 2.21. The van der Waals surface area contributed by atoms with Crippen LogP contribution in [0.1, 0.15) is 25.3 Å². The second-order valence-electron chi connectivity index (χ2n) is 5.63. The highest BCUT2D eigenvalue weighted by Crippen LogP contribution is 2.24. The monoisotopic (exact) mass is 291 g/mol. The van der Waals surface area contributed by atoms with Crippen LogP contribution in [0, 0.1) is 0 Å². The summed E-state index contributed by atoms with van der Waals surface area (Å²) >= 11 is 5.22. The van der Waals surface area contributed by atoms with Crippen LogP contribution in [0.3, 0.4) is 0 Å². The molecule has 1 amide bonds. The average Bonchev–Trinajstić information content (AvgIpc) is 2.41. The summed E-state index contributed by atoms with van der Waals surface area (Å²) in [5, 5.41) is 2.90. The molecule has 3 N–H and O–H groups in total. The van der Waals surface area contributed by atoms with Gasteiger partial charge in [-0.2, -0.15) is 0 Å². The van der Waals surface area contributed by atoms with Gasteiger partial charge in [-0.05, 0) is 19.4 Å². The van der Waals surface area contributed by atoms with E-state index in [4.69, 9.17) is 18.0 Å². The molecule has 1 aromatic carbocycles. The van der Waals surface area contributed by atoms with Gasteiger partial charge in [0.2, 0.25) is 5.91 Å². The van der Waals surface area contributed by atoms with E-state index in [9.17, 15) is 4.79 Å². The molecule has 108 valence electrons. The second-order valence-corrected chi connectivity index (χ2v) is 6.10. The van der Waals surface area contributed by atoms with Crippen molar-refractivity contribution >= 4 is 23.1 Å². The fourth-order valence-corrected chi connectivity index (χ4v) is 2.74. The molecule has 0 spiro atoms. The molecule has 1 aromatic rings. The predicted octanol–water partition coefficient (Wildman–Crippen LogP) is 1.27. The van der Waals surface area contributed by atoms with Crippen molar-refractivity contribution in [2.24, 2.45) is 5.73 Å². The van der Waals surface area contributed by atoms with Crippen molar-refractivity contribution in [3.05, 3.63) is 35.9 Å². The summed E-state index contributed by atoms with van der Waals surface area (Å²) in [6, 6.07) is 9.99. The number of rotatable bonds is 4. The van der Waals surface area contributed by atoms with Gasteiger partial charge in [-0.15, -0.1) is 0 Å². The minimum Gasteiger partial charge on any atom is -0.393 e. The fourth-order valence-electron chi connectivity index (χ4n) is 2.53. The Bertz CT molecular complexity index is 501. The molecule has 0 aliphatic carbocycles. The molecule has 4 nitrogen and oxygen atoms in total. The molecule has 0 radical (unpaired) electrons. The molecular formula is C15H21N3OS. The number of piperazine rings is 1. The van der Waals surface area contributed by atoms with E-state index in [0.29, 0.717) is 18.1 Å². The second kappa shape index (κ2) is 5.89. The maximum Gasteiger partial charge on any atom is 0.239 e. The highest BCUT2D eigenvalue weighted by molar-refractivity contribution is 7.80. The third kappa shape index (κ3) is 2.99. The number of hydrogen-bond acceptors (Lipinski definition) is 3. The summed E-state index contributed by atoms with van der Waals surface area (Å²) in [5.41, 5.74) is 6.48. The van der Waals surface area contributed by atoms with E-state index in [1.165, 1.54) is 0 Å². The van der Waals surface area contributed by atoms with Crippen molar-refractivity contribution in [1.82, 2.24) is 10.2 Å². The van der Waals surface area contributed by atoms with Crippen molar-refractivity contribution in [1.29, 1.82) is 0 Å². The zero-order valence-electron chi connectivity index (χ0n) is 11.9. The van der Waals surface area contributed by atoms with Crippen molar-refractivity contribution in [2.75, 3.05) is 19.6 Å². The van der Waals surface area contributed by atoms with Crippen molar-refractivity contribution in [3.8, 4) is 0 Å². The van der Waals surface area contributed by atoms with Gasteiger partial charge in [0, 0.05) is 25.6 Å². The number of nitrogens with one attached hydrogen (secondary N) is 1. The third-order valence-electron chi connectivity index (χ3n) is 3.96. The van der Waals surface area contributed by atoms with E-state index >= 15 is 0 Å². The number of carbonyl (C=O) groups excluding carboxylic acids is 1. The minimum absolute atomic E-state index is 0.0311. The van der Waals surface area contributed by atoms with Crippen LogP contribution >= 0.6 is 12.2 Å². The summed E-state index contributed by atoms with van der Waals surface area (Å²) in [6.07, 6.45) is 0. The molecule has 1 aliphatic rings. The highest BCUT2D eigenvalue weighted by atomic mass is 32.1. The molecule has 2 rings (SSSR count). The molecule has 1 fully saturated rings. The number of carbonyl (C=O) groups is 1. The molecular weight excluding hydrogens is 270 g/mol. The fraction of sp³-hybridized carbons (Fsp3) is 0.467. The Kier molecular flexibility index (Phi) is 4.40. The molecule has 1 atom stereocenters. The van der Waals surface area contributed by atoms with E-state index in [-0.39, 0.29) is 11.8 Å². The Hall–Kier alpha value is -1.46. The van der Waals surface area contributed by atoms with Crippen LogP contribution in [0.2, 0.25) is 0 Å². The standard InChI is InChI=1S/C15H21N3OS/c1-15(2)14(19)17-8-9-18(15)10-12(13(16)20)11-6-4-3-5-7-11/h3-7,12H,8-10H2,1-2H3,(H2,16,20)(H,17,19). The topological polar surface area (TPSA) is 58.4 Å². The highest BCUT2D eigenvalue weighted by Gasteiger charge is 2.38. The first-order chi connectivity index (χ1) is 9.43. The van der Waals surface area contributed by atoms with Crippen molar-refractivity contribution in [2.45, 2.75) is 25.3 Å². The van der Waals surface area contributed by atoms with E-state index < -0.39 is 5.54 Å². The van der Waals surface area contributed by atoms with Crippen LogP contribution in [0.25, 0.3) is 0 Å². The van der Waals surface area contributed by atoms with E-state index in [1.54, 1.807) is 0 Å². The van der Waals surface area contributed by atoms with Gasteiger partial charge in [-0.25, -0.2) is 0 Å². The van der Waals surface area contributed by atoms with Gasteiger partial charge >= 0.3 is 0 Å². The largest absolute Gasteiger partial charge is 0.393 e. The van der Waals surface area contributed by atoms with Gasteiger partial charge in [0.05, 0.1) is 10.5 Å². The summed E-state index contributed by atoms with van der Waals surface area (Å²) in [5.74, 6) is 0.0230. The summed E-state index contributed by atoms with van der Waals surface area (Å²) in [6.45, 7) is 6.01. The molecule has 0 aromatic heterocycles. The quantitative estimate of drug-likeness (QED) is 0.820. The predicted molar refractivity (Wildman–Crippen MR) is 84.6 cm³/mol. The normalized spacial score (nSPS) is 20.2. The molecule has 1 heterocycles. The Morgan fingerprint density at radius 3 is 2.70 bits per heavy atom. The van der Waals surface area contributed by atoms with Gasteiger partial charge in [-0.3, -0.25) is 9.69 Å². The van der Waals surface area contributed by atoms with Gasteiger partial charge in [-0.1, -0.05) is 42.5 Å². The SMILES string of the molecule is CC1(C)C(=O)NCCN1CC(C(N)=S)c1ccccc1. The van der Waals surface area contributed by atoms with Gasteiger partial charge in [0.15, 0.2) is 0 Å². The smallest absolute Gasteiger partial charge is 0.239 e. The maximum atomic E-state index is 12.0. The first kappa shape index (κ1) is 14.9. The summed E-state index contributed by atoms with van der Waals surface area (Å²) in [4.78, 5) is 14.6. The van der Waals surface area contributed by atoms with Gasteiger partial charge < -0.3 is 11.1 Å². The van der Waals surface area contributed by atoms with Crippen LogP contribution in [-0.2, 0) is 4.79 Å². The van der Waals surface area contributed by atoms with E-state index in [2.05, 4.69) is 10.2 Å². The van der Waals surface area contributed by atoms with Crippen LogP contribution in [-0.4, -0.2) is 41.0 Å². The van der Waals surface area contributed by atoms with Crippen molar-refractivity contribution < 1.29 is 4.79 Å². The van der Waals surface area contributed by atoms with Crippen molar-refractivity contribution in [3.63, 3.8) is 0 Å². The first-order valence-corrected chi connectivity index (χ1v) is 7.21. The number of nitrogens with two attached hydrogens (primary N) is 1. The Labute approximate surface area is 125 Å². The number of thiocarbonyl (C=S) groups is 1. The lowest BCUT2D eigenvalue weighted by atomic mass is 9.93. The van der Waals surface area contributed by atoms with Gasteiger partial charge in [0.1, 0.15) is 0 Å². The molecule has 20 heavy (non-hydrogen) atoms. The molecule has 1 aliphatic heterocycles. The molecule has 5 heteroatoms. The Morgan fingerprint density at radius 2 is 2.10 bits per heavy atom. The van der Waals surface area contributed by atoms with Crippen LogP contribution in [0.4, 0.5) is 0 Å². The number of hydrogen-bond donors (Lipinski definition) is 2. The summed E-state index contributed by atoms with van der Waals surface area (Å²) in [7, 11) is 0. The lowest BCUT2D eigenvalue weighted by molar-refractivity contribution is -0.135. The number of amides is 1.